The molecule has 19 heavy (non-hydrogen) atoms. The van der Waals surface area contributed by atoms with Crippen LogP contribution in [0.15, 0.2) is 22.1 Å². The van der Waals surface area contributed by atoms with Crippen LogP contribution < -0.4 is 5.69 Å². The van der Waals surface area contributed by atoms with E-state index in [1.807, 2.05) is 20.8 Å². The van der Waals surface area contributed by atoms with Gasteiger partial charge < -0.3 is 12.6 Å². The van der Waals surface area contributed by atoms with E-state index in [0.29, 0.717) is 15.7 Å². The molecule has 0 saturated carbocycles. The molecule has 102 valence electrons. The Bertz CT molecular complexity index is 685. The van der Waals surface area contributed by atoms with Crippen molar-refractivity contribution in [1.29, 1.82) is 0 Å². The van der Waals surface area contributed by atoms with Gasteiger partial charge >= 0.3 is 5.69 Å². The maximum atomic E-state index is 11.8. The first kappa shape index (κ1) is 14.4. The number of nitrogens with zero attached hydrogens (tertiary/aromatic N) is 2. The predicted octanol–water partition coefficient (Wildman–Crippen LogP) is 3.07. The van der Waals surface area contributed by atoms with Crippen molar-refractivity contribution in [1.82, 2.24) is 14.8 Å². The van der Waals surface area contributed by atoms with E-state index >= 15 is 0 Å². The van der Waals surface area contributed by atoms with Crippen molar-refractivity contribution >= 4 is 35.8 Å². The molecule has 0 unspecified atom stereocenters. The van der Waals surface area contributed by atoms with Crippen LogP contribution in [0.1, 0.15) is 26.3 Å². The third kappa shape index (κ3) is 2.63. The molecule has 4 nitrogen and oxygen atoms in total. The molecule has 1 aromatic heterocycles. The SMILES string of the molecule is CC(C)(C)c1cc(Cl)c(Cl)cc1-n1c([S-])n[nH]c1=O. The van der Waals surface area contributed by atoms with Gasteiger partial charge in [-0.25, -0.2) is 9.89 Å². The van der Waals surface area contributed by atoms with Crippen molar-refractivity contribution in [3.63, 3.8) is 0 Å². The van der Waals surface area contributed by atoms with E-state index in [1.54, 1.807) is 12.1 Å². The first-order chi connectivity index (χ1) is 8.71. The van der Waals surface area contributed by atoms with Crippen molar-refractivity contribution in [2.45, 2.75) is 31.3 Å². The molecule has 1 heterocycles. The normalized spacial score (nSPS) is 11.8. The summed E-state index contributed by atoms with van der Waals surface area (Å²) < 4.78 is 1.32. The molecule has 0 spiro atoms. The average molecular weight is 317 g/mol. The van der Waals surface area contributed by atoms with E-state index in [-0.39, 0.29) is 10.6 Å². The number of H-pyrrole nitrogens is 1. The fraction of sp³-hybridized carbons (Fsp3) is 0.333. The fourth-order valence-corrected chi connectivity index (χ4v) is 2.37. The number of nitrogens with one attached hydrogen (secondary N) is 1. The number of aromatic amines is 1. The van der Waals surface area contributed by atoms with E-state index in [0.717, 1.165) is 5.56 Å². The van der Waals surface area contributed by atoms with Gasteiger partial charge in [0.2, 0.25) is 0 Å². The number of benzene rings is 1. The van der Waals surface area contributed by atoms with Crippen LogP contribution in [0, 0.1) is 0 Å². The van der Waals surface area contributed by atoms with Crippen LogP contribution in [0.3, 0.4) is 0 Å². The summed E-state index contributed by atoms with van der Waals surface area (Å²) in [6.07, 6.45) is 0. The quantitative estimate of drug-likeness (QED) is 0.823. The van der Waals surface area contributed by atoms with Gasteiger partial charge in [0.05, 0.1) is 15.7 Å². The minimum Gasteiger partial charge on any atom is -0.740 e. The van der Waals surface area contributed by atoms with Gasteiger partial charge in [0.25, 0.3) is 0 Å². The summed E-state index contributed by atoms with van der Waals surface area (Å²) in [6, 6.07) is 3.39. The van der Waals surface area contributed by atoms with Crippen LogP contribution in [-0.4, -0.2) is 14.8 Å². The highest BCUT2D eigenvalue weighted by molar-refractivity contribution is 7.58. The lowest BCUT2D eigenvalue weighted by Gasteiger charge is -2.25. The molecule has 0 saturated heterocycles. The van der Waals surface area contributed by atoms with Crippen LogP contribution in [0.4, 0.5) is 0 Å². The second kappa shape index (κ2) is 4.81. The second-order valence-electron chi connectivity index (χ2n) is 5.18. The maximum absolute atomic E-state index is 11.8. The van der Waals surface area contributed by atoms with E-state index in [9.17, 15) is 4.79 Å². The van der Waals surface area contributed by atoms with E-state index in [2.05, 4.69) is 10.2 Å². The van der Waals surface area contributed by atoms with Gasteiger partial charge in [-0.3, -0.25) is 4.57 Å². The van der Waals surface area contributed by atoms with Crippen LogP contribution in [0.5, 0.6) is 0 Å². The topological polar surface area (TPSA) is 50.7 Å². The van der Waals surface area contributed by atoms with Crippen molar-refractivity contribution < 1.29 is 0 Å². The number of hydrogen-bond acceptors (Lipinski definition) is 3. The Morgan fingerprint density at radius 3 is 2.32 bits per heavy atom. The molecular weight excluding hydrogens is 305 g/mol. The molecule has 1 aromatic carbocycles. The van der Waals surface area contributed by atoms with Crippen LogP contribution in [0.2, 0.25) is 10.0 Å². The van der Waals surface area contributed by atoms with Gasteiger partial charge in [0.15, 0.2) is 0 Å². The molecule has 0 atom stereocenters. The molecular formula is C12H12Cl2N3OS-. The summed E-state index contributed by atoms with van der Waals surface area (Å²) in [4.78, 5) is 11.8. The summed E-state index contributed by atoms with van der Waals surface area (Å²) >= 11 is 17.2. The van der Waals surface area contributed by atoms with Gasteiger partial charge in [0.1, 0.15) is 0 Å². The zero-order valence-electron chi connectivity index (χ0n) is 10.6. The van der Waals surface area contributed by atoms with E-state index in [4.69, 9.17) is 35.8 Å². The Morgan fingerprint density at radius 1 is 1.26 bits per heavy atom. The lowest BCUT2D eigenvalue weighted by molar-refractivity contribution is 0.583. The third-order valence-corrected chi connectivity index (χ3v) is 3.73. The maximum Gasteiger partial charge on any atom is 0.346 e. The smallest absolute Gasteiger partial charge is 0.346 e. The van der Waals surface area contributed by atoms with Crippen molar-refractivity contribution in [2.24, 2.45) is 0 Å². The van der Waals surface area contributed by atoms with Gasteiger partial charge in [-0.1, -0.05) is 44.0 Å². The zero-order chi connectivity index (χ0) is 14.4. The second-order valence-corrected chi connectivity index (χ2v) is 6.36. The van der Waals surface area contributed by atoms with Crippen molar-refractivity contribution in [2.75, 3.05) is 0 Å². The largest absolute Gasteiger partial charge is 0.740 e. The van der Waals surface area contributed by atoms with Gasteiger partial charge in [-0.2, -0.15) is 5.10 Å². The first-order valence-corrected chi connectivity index (χ1v) is 6.72. The number of halogens is 2. The fourth-order valence-electron chi connectivity index (χ4n) is 1.82. The Balaban J connectivity index is 2.83. The molecule has 2 rings (SSSR count). The van der Waals surface area contributed by atoms with Crippen molar-refractivity contribution in [3.8, 4) is 5.69 Å². The van der Waals surface area contributed by atoms with Crippen molar-refractivity contribution in [3.05, 3.63) is 38.2 Å². The lowest BCUT2D eigenvalue weighted by atomic mass is 9.85. The predicted molar refractivity (Wildman–Crippen MR) is 78.5 cm³/mol. The molecule has 0 radical (unpaired) electrons. The number of aromatic nitrogens is 3. The Kier molecular flexibility index (Phi) is 3.64. The highest BCUT2D eigenvalue weighted by Crippen LogP contribution is 2.34. The molecule has 7 heteroatoms. The standard InChI is InChI=1S/C12H13Cl2N3OS/c1-12(2,3)6-4-7(13)8(14)5-9(6)17-10(18)15-16-11(17)19/h4-5H,1-3H3,(H,15,18)(H,16,19)/p-1. The average Bonchev–Trinajstić information content (AvgIpc) is 2.61. The molecule has 0 bridgehead atoms. The summed E-state index contributed by atoms with van der Waals surface area (Å²) in [5, 5.41) is 7.03. The summed E-state index contributed by atoms with van der Waals surface area (Å²) in [5.74, 6) is 0. The van der Waals surface area contributed by atoms with Crippen LogP contribution >= 0.6 is 23.2 Å². The Hall–Kier alpha value is -1.04. The van der Waals surface area contributed by atoms with Crippen LogP contribution in [0.25, 0.3) is 5.69 Å². The summed E-state index contributed by atoms with van der Waals surface area (Å²) in [6.45, 7) is 6.05. The Labute approximate surface area is 126 Å². The third-order valence-electron chi connectivity index (χ3n) is 2.73. The summed E-state index contributed by atoms with van der Waals surface area (Å²) in [7, 11) is 0. The number of hydrogen-bond donors (Lipinski definition) is 1. The molecule has 0 aliphatic heterocycles. The molecule has 0 aliphatic carbocycles. The molecule has 0 fully saturated rings. The first-order valence-electron chi connectivity index (χ1n) is 5.56. The highest BCUT2D eigenvalue weighted by Gasteiger charge is 2.22. The monoisotopic (exact) mass is 316 g/mol. The van der Waals surface area contributed by atoms with Gasteiger partial charge in [-0.15, -0.1) is 0 Å². The molecule has 0 amide bonds. The Morgan fingerprint density at radius 2 is 1.84 bits per heavy atom. The highest BCUT2D eigenvalue weighted by atomic mass is 35.5. The van der Waals surface area contributed by atoms with E-state index in [1.165, 1.54) is 4.57 Å². The minimum absolute atomic E-state index is 0.161. The lowest BCUT2D eigenvalue weighted by Crippen LogP contribution is -2.22. The minimum atomic E-state index is -0.395. The summed E-state index contributed by atoms with van der Waals surface area (Å²) in [5.41, 5.74) is 0.859. The van der Waals surface area contributed by atoms with Gasteiger partial charge in [-0.05, 0) is 23.1 Å². The molecule has 0 aliphatic rings. The van der Waals surface area contributed by atoms with Gasteiger partial charge in [0, 0.05) is 5.16 Å². The van der Waals surface area contributed by atoms with Crippen LogP contribution in [-0.2, 0) is 18.0 Å². The molecule has 1 N–H and O–H groups in total. The van der Waals surface area contributed by atoms with E-state index < -0.39 is 5.69 Å². The molecule has 2 aromatic rings. The zero-order valence-corrected chi connectivity index (χ0v) is 12.9. The number of rotatable bonds is 1.